The maximum atomic E-state index is 5.75. The Labute approximate surface area is 117 Å². The Bertz CT molecular complexity index is 583. The average molecular weight is 277 g/mol. The number of hydrogen-bond acceptors (Lipinski definition) is 5. The van der Waals surface area contributed by atoms with Crippen molar-refractivity contribution in [2.75, 3.05) is 18.9 Å². The lowest BCUT2D eigenvalue weighted by Crippen LogP contribution is -2.46. The second-order valence-corrected chi connectivity index (χ2v) is 6.34. The number of rotatable bonds is 2. The molecule has 1 fully saturated rings. The highest BCUT2D eigenvalue weighted by Crippen LogP contribution is 2.25. The molecular weight excluding hydrogens is 258 g/mol. The van der Waals surface area contributed by atoms with Crippen molar-refractivity contribution >= 4 is 26.7 Å². The first-order valence-electron chi connectivity index (χ1n) is 6.62. The van der Waals surface area contributed by atoms with Crippen LogP contribution in [-0.2, 0) is 11.3 Å². The first-order valence-corrected chi connectivity index (χ1v) is 7.44. The molecule has 0 aliphatic carbocycles. The van der Waals surface area contributed by atoms with Gasteiger partial charge in [-0.05, 0) is 31.5 Å². The standard InChI is InChI=1S/C14H19N3OS/c1-9-8-18-10(2)6-17(9)7-11-3-4-12-13(5-11)19-14(15)16-12/h3-5,9-10H,6-8H2,1-2H3,(H2,15,16). The average Bonchev–Trinajstić information content (AvgIpc) is 2.73. The number of nitrogens with zero attached hydrogens (tertiary/aromatic N) is 2. The summed E-state index contributed by atoms with van der Waals surface area (Å²) in [6.07, 6.45) is 0.319. The fourth-order valence-corrected chi connectivity index (χ4v) is 3.31. The van der Waals surface area contributed by atoms with Gasteiger partial charge < -0.3 is 10.5 Å². The van der Waals surface area contributed by atoms with Crippen molar-refractivity contribution < 1.29 is 4.74 Å². The van der Waals surface area contributed by atoms with Gasteiger partial charge in [0.25, 0.3) is 0 Å². The largest absolute Gasteiger partial charge is 0.376 e. The van der Waals surface area contributed by atoms with Crippen LogP contribution < -0.4 is 5.73 Å². The number of benzene rings is 1. The summed E-state index contributed by atoms with van der Waals surface area (Å²) in [7, 11) is 0. The first-order chi connectivity index (χ1) is 9.11. The van der Waals surface area contributed by atoms with Crippen LogP contribution in [-0.4, -0.2) is 35.2 Å². The number of ether oxygens (including phenoxy) is 1. The van der Waals surface area contributed by atoms with Gasteiger partial charge >= 0.3 is 0 Å². The Kier molecular flexibility index (Phi) is 3.43. The third-order valence-corrected chi connectivity index (χ3v) is 4.44. The lowest BCUT2D eigenvalue weighted by molar-refractivity contribution is -0.0526. The number of aromatic nitrogens is 1. The predicted molar refractivity (Wildman–Crippen MR) is 79.3 cm³/mol. The normalized spacial score (nSPS) is 24.9. The third kappa shape index (κ3) is 2.73. The molecule has 2 aromatic rings. The van der Waals surface area contributed by atoms with Crippen molar-refractivity contribution in [3.05, 3.63) is 23.8 Å². The quantitative estimate of drug-likeness (QED) is 0.916. The van der Waals surface area contributed by atoms with Gasteiger partial charge in [-0.25, -0.2) is 4.98 Å². The Morgan fingerprint density at radius 3 is 3.16 bits per heavy atom. The van der Waals surface area contributed by atoms with E-state index in [1.165, 1.54) is 10.3 Å². The summed E-state index contributed by atoms with van der Waals surface area (Å²) >= 11 is 1.55. The summed E-state index contributed by atoms with van der Waals surface area (Å²) in [6.45, 7) is 7.12. The van der Waals surface area contributed by atoms with Crippen LogP contribution in [0.1, 0.15) is 19.4 Å². The Morgan fingerprint density at radius 1 is 1.47 bits per heavy atom. The summed E-state index contributed by atoms with van der Waals surface area (Å²) in [5.41, 5.74) is 8.06. The van der Waals surface area contributed by atoms with Gasteiger partial charge in [-0.3, -0.25) is 4.90 Å². The zero-order chi connectivity index (χ0) is 13.4. The van der Waals surface area contributed by atoms with E-state index in [0.717, 1.165) is 25.2 Å². The van der Waals surface area contributed by atoms with E-state index < -0.39 is 0 Å². The first kappa shape index (κ1) is 12.8. The van der Waals surface area contributed by atoms with Gasteiger partial charge in [0.2, 0.25) is 0 Å². The van der Waals surface area contributed by atoms with Crippen molar-refractivity contribution in [3.8, 4) is 0 Å². The van der Waals surface area contributed by atoms with E-state index in [1.54, 1.807) is 11.3 Å². The molecule has 0 amide bonds. The van der Waals surface area contributed by atoms with Crippen LogP contribution in [0.15, 0.2) is 18.2 Å². The maximum absolute atomic E-state index is 5.75. The van der Waals surface area contributed by atoms with E-state index in [2.05, 4.69) is 41.9 Å². The molecule has 19 heavy (non-hydrogen) atoms. The van der Waals surface area contributed by atoms with E-state index in [4.69, 9.17) is 10.5 Å². The lowest BCUT2D eigenvalue weighted by atomic mass is 10.1. The van der Waals surface area contributed by atoms with E-state index in [9.17, 15) is 0 Å². The second kappa shape index (κ2) is 5.07. The van der Waals surface area contributed by atoms with Crippen LogP contribution in [0.4, 0.5) is 5.13 Å². The molecule has 0 spiro atoms. The molecular formula is C14H19N3OS. The number of nitrogen functional groups attached to an aromatic ring is 1. The minimum atomic E-state index is 0.319. The maximum Gasteiger partial charge on any atom is 0.181 e. The highest BCUT2D eigenvalue weighted by atomic mass is 32.1. The highest BCUT2D eigenvalue weighted by Gasteiger charge is 2.23. The minimum absolute atomic E-state index is 0.319. The molecule has 4 nitrogen and oxygen atoms in total. The molecule has 2 N–H and O–H groups in total. The van der Waals surface area contributed by atoms with Crippen molar-refractivity contribution in [2.24, 2.45) is 0 Å². The molecule has 2 atom stereocenters. The van der Waals surface area contributed by atoms with Gasteiger partial charge in [0, 0.05) is 19.1 Å². The lowest BCUT2D eigenvalue weighted by Gasteiger charge is -2.36. The topological polar surface area (TPSA) is 51.4 Å². The van der Waals surface area contributed by atoms with Gasteiger partial charge in [0.15, 0.2) is 5.13 Å². The Balaban J connectivity index is 1.80. The van der Waals surface area contributed by atoms with Crippen molar-refractivity contribution in [2.45, 2.75) is 32.5 Å². The van der Waals surface area contributed by atoms with Crippen LogP contribution in [0.25, 0.3) is 10.2 Å². The molecule has 102 valence electrons. The van der Waals surface area contributed by atoms with Crippen LogP contribution in [0.2, 0.25) is 0 Å². The molecule has 1 aliphatic heterocycles. The number of fused-ring (bicyclic) bond motifs is 1. The summed E-state index contributed by atoms with van der Waals surface area (Å²) < 4.78 is 6.84. The number of morpholine rings is 1. The Morgan fingerprint density at radius 2 is 2.32 bits per heavy atom. The predicted octanol–water partition coefficient (Wildman–Crippen LogP) is 2.49. The molecule has 3 rings (SSSR count). The molecule has 1 aromatic heterocycles. The van der Waals surface area contributed by atoms with Gasteiger partial charge in [0.1, 0.15) is 0 Å². The minimum Gasteiger partial charge on any atom is -0.376 e. The van der Waals surface area contributed by atoms with E-state index in [0.29, 0.717) is 17.3 Å². The molecule has 2 heterocycles. The van der Waals surface area contributed by atoms with Crippen molar-refractivity contribution in [1.29, 1.82) is 0 Å². The molecule has 0 saturated carbocycles. The van der Waals surface area contributed by atoms with Gasteiger partial charge in [0.05, 0.1) is 22.9 Å². The van der Waals surface area contributed by atoms with Crippen LogP contribution >= 0.6 is 11.3 Å². The molecule has 1 aliphatic rings. The summed E-state index contributed by atoms with van der Waals surface area (Å²) in [5.74, 6) is 0. The number of hydrogen-bond donors (Lipinski definition) is 1. The van der Waals surface area contributed by atoms with Crippen LogP contribution in [0.3, 0.4) is 0 Å². The molecule has 5 heteroatoms. The smallest absolute Gasteiger partial charge is 0.181 e. The zero-order valence-electron chi connectivity index (χ0n) is 11.3. The number of anilines is 1. The van der Waals surface area contributed by atoms with Gasteiger partial charge in [-0.1, -0.05) is 17.4 Å². The molecule has 0 bridgehead atoms. The highest BCUT2D eigenvalue weighted by molar-refractivity contribution is 7.22. The monoisotopic (exact) mass is 277 g/mol. The molecule has 1 aromatic carbocycles. The fourth-order valence-electron chi connectivity index (χ4n) is 2.51. The fraction of sp³-hybridized carbons (Fsp3) is 0.500. The second-order valence-electron chi connectivity index (χ2n) is 5.28. The Hall–Kier alpha value is -1.17. The van der Waals surface area contributed by atoms with Crippen molar-refractivity contribution in [3.63, 3.8) is 0 Å². The van der Waals surface area contributed by atoms with Gasteiger partial charge in [-0.15, -0.1) is 0 Å². The van der Waals surface area contributed by atoms with Gasteiger partial charge in [-0.2, -0.15) is 0 Å². The van der Waals surface area contributed by atoms with E-state index >= 15 is 0 Å². The van der Waals surface area contributed by atoms with Crippen molar-refractivity contribution in [1.82, 2.24) is 9.88 Å². The number of thiazole rings is 1. The third-order valence-electron chi connectivity index (χ3n) is 3.59. The zero-order valence-corrected chi connectivity index (χ0v) is 12.1. The van der Waals surface area contributed by atoms with E-state index in [1.807, 2.05) is 0 Å². The molecule has 2 unspecified atom stereocenters. The summed E-state index contributed by atoms with van der Waals surface area (Å²) in [6, 6.07) is 6.88. The molecule has 1 saturated heterocycles. The molecule has 0 radical (unpaired) electrons. The SMILES string of the molecule is CC1CN(Cc2ccc3nc(N)sc3c2)C(C)CO1. The summed E-state index contributed by atoms with van der Waals surface area (Å²) in [5, 5.41) is 0.639. The summed E-state index contributed by atoms with van der Waals surface area (Å²) in [4.78, 5) is 6.76. The van der Waals surface area contributed by atoms with E-state index in [-0.39, 0.29) is 0 Å². The van der Waals surface area contributed by atoms with Crippen LogP contribution in [0, 0.1) is 0 Å². The number of nitrogens with two attached hydrogens (primary N) is 1. The van der Waals surface area contributed by atoms with Crippen LogP contribution in [0.5, 0.6) is 0 Å².